The lowest BCUT2D eigenvalue weighted by Crippen LogP contribution is -2.55. The van der Waals surface area contributed by atoms with Gasteiger partial charge >= 0.3 is 5.97 Å². The molecule has 0 saturated carbocycles. The highest BCUT2D eigenvalue weighted by Crippen LogP contribution is 2.58. The molecular weight excluding hydrogens is 666 g/mol. The van der Waals surface area contributed by atoms with Crippen molar-refractivity contribution in [1.82, 2.24) is 14.5 Å². The van der Waals surface area contributed by atoms with Gasteiger partial charge in [-0.25, -0.2) is 14.2 Å². The fourth-order valence-electron chi connectivity index (χ4n) is 7.82. The first-order valence-electron chi connectivity index (χ1n) is 16.2. The van der Waals surface area contributed by atoms with E-state index >= 15 is 4.39 Å². The summed E-state index contributed by atoms with van der Waals surface area (Å²) in [7, 11) is 1.34. The summed E-state index contributed by atoms with van der Waals surface area (Å²) in [6.45, 7) is 5.32. The van der Waals surface area contributed by atoms with Crippen molar-refractivity contribution in [2.24, 2.45) is 0 Å². The number of nitrogens with one attached hydrogen (secondary N) is 1. The number of aromatic nitrogens is 2. The van der Waals surface area contributed by atoms with Crippen LogP contribution in [0.25, 0.3) is 11.0 Å². The number of esters is 1. The molecule has 1 saturated heterocycles. The number of hydrogen-bond donors (Lipinski definition) is 1. The van der Waals surface area contributed by atoms with Gasteiger partial charge in [0, 0.05) is 41.7 Å². The number of carbonyl (C=O) groups excluding carboxylic acids is 2. The number of aryl methyl sites for hydroxylation is 1. The molecule has 1 amide bonds. The van der Waals surface area contributed by atoms with E-state index < -0.39 is 29.2 Å². The molecule has 252 valence electrons. The molecule has 11 heteroatoms. The van der Waals surface area contributed by atoms with Gasteiger partial charge in [-0.1, -0.05) is 53.5 Å². The Hall–Kier alpha value is -4.44. The number of anilines is 1. The Morgan fingerprint density at radius 3 is 2.61 bits per heavy atom. The van der Waals surface area contributed by atoms with Crippen molar-refractivity contribution in [2.45, 2.75) is 56.8 Å². The molecule has 0 unspecified atom stereocenters. The van der Waals surface area contributed by atoms with Gasteiger partial charge in [-0.2, -0.15) is 0 Å². The highest BCUT2D eigenvalue weighted by atomic mass is 35.5. The van der Waals surface area contributed by atoms with E-state index in [1.54, 1.807) is 48.5 Å². The molecule has 1 N–H and O–H groups in total. The SMILES string of the molecule is CCOc1cccc(CN2[C@H]3CCn4c(nc5cc(C(=O)OC)ccc54)[C@H]3[C@H](c3cccc(Cl)c3F)[C@]2(C)C(=O)Nc2cccc(Cl)c2)c1. The Kier molecular flexibility index (Phi) is 8.85. The highest BCUT2D eigenvalue weighted by molar-refractivity contribution is 6.31. The topological polar surface area (TPSA) is 85.7 Å². The number of ether oxygens (including phenoxy) is 2. The van der Waals surface area contributed by atoms with E-state index in [9.17, 15) is 9.59 Å². The van der Waals surface area contributed by atoms with E-state index in [1.807, 2.05) is 44.2 Å². The van der Waals surface area contributed by atoms with Gasteiger partial charge in [0.1, 0.15) is 22.9 Å². The number of fused-ring (bicyclic) bond motifs is 5. The third-order valence-corrected chi connectivity index (χ3v) is 10.5. The van der Waals surface area contributed by atoms with Crippen molar-refractivity contribution < 1.29 is 23.5 Å². The Balaban J connectivity index is 1.44. The maximum atomic E-state index is 16.4. The average Bonchev–Trinajstić information content (AvgIpc) is 3.59. The molecule has 8 nitrogen and oxygen atoms in total. The van der Waals surface area contributed by atoms with Gasteiger partial charge in [0.2, 0.25) is 5.91 Å². The zero-order chi connectivity index (χ0) is 34.4. The van der Waals surface area contributed by atoms with Gasteiger partial charge < -0.3 is 19.4 Å². The molecule has 5 aromatic rings. The molecule has 0 radical (unpaired) electrons. The van der Waals surface area contributed by atoms with Crippen LogP contribution in [-0.2, 0) is 22.6 Å². The number of imidazole rings is 1. The molecule has 7 rings (SSSR count). The summed E-state index contributed by atoms with van der Waals surface area (Å²) in [5.74, 6) is -1.06. The number of halogens is 3. The Morgan fingerprint density at radius 2 is 1.84 bits per heavy atom. The molecule has 4 aromatic carbocycles. The van der Waals surface area contributed by atoms with E-state index in [0.29, 0.717) is 59.3 Å². The summed E-state index contributed by atoms with van der Waals surface area (Å²) < 4.78 is 29.3. The second-order valence-corrected chi connectivity index (χ2v) is 13.5. The molecule has 2 aliphatic heterocycles. The highest BCUT2D eigenvalue weighted by Gasteiger charge is 2.63. The van der Waals surface area contributed by atoms with Crippen LogP contribution in [-0.4, -0.2) is 51.6 Å². The lowest BCUT2D eigenvalue weighted by atomic mass is 9.73. The van der Waals surface area contributed by atoms with Crippen LogP contribution in [0.1, 0.15) is 59.4 Å². The molecule has 49 heavy (non-hydrogen) atoms. The van der Waals surface area contributed by atoms with Gasteiger partial charge in [0.15, 0.2) is 0 Å². The van der Waals surface area contributed by atoms with Crippen LogP contribution < -0.4 is 10.1 Å². The Morgan fingerprint density at radius 1 is 1.04 bits per heavy atom. The largest absolute Gasteiger partial charge is 0.494 e. The monoisotopic (exact) mass is 700 g/mol. The second-order valence-electron chi connectivity index (χ2n) is 12.6. The Labute approximate surface area is 293 Å². The molecular formula is C38H35Cl2FN4O4. The molecule has 0 aliphatic carbocycles. The summed E-state index contributed by atoms with van der Waals surface area (Å²) in [5.41, 5.74) is 2.34. The lowest BCUT2D eigenvalue weighted by Gasteiger charge is -2.40. The molecule has 3 heterocycles. The van der Waals surface area contributed by atoms with Crippen LogP contribution in [0.4, 0.5) is 10.1 Å². The van der Waals surface area contributed by atoms with E-state index in [-0.39, 0.29) is 17.0 Å². The quantitative estimate of drug-likeness (QED) is 0.164. The average molecular weight is 702 g/mol. The maximum absolute atomic E-state index is 16.4. The van der Waals surface area contributed by atoms with Gasteiger partial charge in [-0.05, 0) is 86.0 Å². The number of carbonyl (C=O) groups is 2. The number of hydrogen-bond acceptors (Lipinski definition) is 6. The third-order valence-electron chi connectivity index (χ3n) is 9.94. The van der Waals surface area contributed by atoms with Gasteiger partial charge in [0.25, 0.3) is 0 Å². The summed E-state index contributed by atoms with van der Waals surface area (Å²) in [4.78, 5) is 34.6. The lowest BCUT2D eigenvalue weighted by molar-refractivity contribution is -0.127. The number of nitrogens with zero attached hydrogens (tertiary/aromatic N) is 3. The van der Waals surface area contributed by atoms with Gasteiger partial charge in [-0.3, -0.25) is 9.69 Å². The van der Waals surface area contributed by atoms with Crippen LogP contribution in [0.15, 0.2) is 84.9 Å². The number of likely N-dealkylation sites (tertiary alicyclic amines) is 1. The number of methoxy groups -OCH3 is 1. The fraction of sp³-hybridized carbons (Fsp3) is 0.289. The zero-order valence-corrected chi connectivity index (χ0v) is 28.8. The smallest absolute Gasteiger partial charge is 0.337 e. The van der Waals surface area contributed by atoms with Crippen LogP contribution >= 0.6 is 23.2 Å². The predicted octanol–water partition coefficient (Wildman–Crippen LogP) is 8.22. The van der Waals surface area contributed by atoms with Crippen molar-refractivity contribution in [3.8, 4) is 5.75 Å². The maximum Gasteiger partial charge on any atom is 0.337 e. The molecule has 1 fully saturated rings. The van der Waals surface area contributed by atoms with E-state index in [0.717, 1.165) is 16.8 Å². The number of amides is 1. The summed E-state index contributed by atoms with van der Waals surface area (Å²) in [6, 6.07) is 24.8. The Bertz CT molecular complexity index is 2090. The minimum Gasteiger partial charge on any atom is -0.494 e. The van der Waals surface area contributed by atoms with E-state index in [4.69, 9.17) is 37.7 Å². The van der Waals surface area contributed by atoms with Crippen LogP contribution in [0.2, 0.25) is 10.0 Å². The molecule has 0 spiro atoms. The number of rotatable bonds is 8. The summed E-state index contributed by atoms with van der Waals surface area (Å²) >= 11 is 12.8. The fourth-order valence-corrected chi connectivity index (χ4v) is 8.19. The van der Waals surface area contributed by atoms with Gasteiger partial charge in [0.05, 0.1) is 35.3 Å². The minimum absolute atomic E-state index is 0.0263. The first kappa shape index (κ1) is 33.1. The minimum atomic E-state index is -1.31. The van der Waals surface area contributed by atoms with E-state index in [2.05, 4.69) is 14.8 Å². The standard InChI is InChI=1S/C38H35Cl2FN4O4/c1-4-49-26-11-5-8-22(18-26)21-45-31-16-17-44-30-15-14-23(36(46)48-3)19-29(30)43-35(44)32(31)33(27-12-7-13-28(40)34(27)41)38(45,2)37(47)42-25-10-6-9-24(39)20-25/h5-15,18-20,31-33H,4,16-17,21H2,1-3H3,(H,42,47)/t31-,32+,33-,38+/m0/s1. The van der Waals surface area contributed by atoms with Crippen LogP contribution in [0.5, 0.6) is 5.75 Å². The van der Waals surface area contributed by atoms with Crippen molar-refractivity contribution in [3.63, 3.8) is 0 Å². The first-order chi connectivity index (χ1) is 23.6. The summed E-state index contributed by atoms with van der Waals surface area (Å²) in [5, 5.41) is 3.56. The van der Waals surface area contributed by atoms with Crippen LogP contribution in [0, 0.1) is 5.82 Å². The zero-order valence-electron chi connectivity index (χ0n) is 27.3. The van der Waals surface area contributed by atoms with E-state index in [1.165, 1.54) is 13.2 Å². The normalized spacial score (nSPS) is 21.6. The molecule has 0 bridgehead atoms. The molecule has 2 aliphatic rings. The predicted molar refractivity (Wildman–Crippen MR) is 188 cm³/mol. The van der Waals surface area contributed by atoms with Gasteiger partial charge in [-0.15, -0.1) is 0 Å². The van der Waals surface area contributed by atoms with Crippen LogP contribution in [0.3, 0.4) is 0 Å². The molecule has 1 aromatic heterocycles. The number of benzene rings is 4. The third kappa shape index (κ3) is 5.73. The van der Waals surface area contributed by atoms with Crippen molar-refractivity contribution >= 4 is 51.8 Å². The second kappa shape index (κ2) is 13.1. The van der Waals surface area contributed by atoms with Crippen molar-refractivity contribution in [1.29, 1.82) is 0 Å². The van der Waals surface area contributed by atoms with Crippen molar-refractivity contribution in [2.75, 3.05) is 19.0 Å². The first-order valence-corrected chi connectivity index (χ1v) is 17.0. The van der Waals surface area contributed by atoms with Crippen molar-refractivity contribution in [3.05, 3.63) is 123 Å². The summed E-state index contributed by atoms with van der Waals surface area (Å²) in [6.07, 6.45) is 0.658. The molecule has 4 atom stereocenters.